The van der Waals surface area contributed by atoms with E-state index < -0.39 is 5.82 Å². The Bertz CT molecular complexity index is 864. The zero-order valence-corrected chi connectivity index (χ0v) is 13.1. The summed E-state index contributed by atoms with van der Waals surface area (Å²) in [6.07, 6.45) is 1.42. The fraction of sp³-hybridized carbons (Fsp3) is 0.118. The van der Waals surface area contributed by atoms with Crippen LogP contribution in [0.3, 0.4) is 0 Å². The van der Waals surface area contributed by atoms with Crippen LogP contribution >= 0.6 is 11.6 Å². The van der Waals surface area contributed by atoms with Crippen molar-refractivity contribution >= 4 is 28.5 Å². The molecule has 1 amide bonds. The summed E-state index contributed by atoms with van der Waals surface area (Å²) in [6, 6.07) is 11.7. The second-order valence-corrected chi connectivity index (χ2v) is 5.51. The van der Waals surface area contributed by atoms with Gasteiger partial charge in [-0.25, -0.2) is 9.37 Å². The highest BCUT2D eigenvalue weighted by atomic mass is 35.5. The number of rotatable bonds is 3. The van der Waals surface area contributed by atoms with Crippen LogP contribution in [0.4, 0.5) is 4.39 Å². The van der Waals surface area contributed by atoms with Gasteiger partial charge < -0.3 is 4.90 Å². The first kappa shape index (κ1) is 15.4. The van der Waals surface area contributed by atoms with E-state index in [-0.39, 0.29) is 28.7 Å². The van der Waals surface area contributed by atoms with Crippen LogP contribution in [0.5, 0.6) is 0 Å². The number of hydrogen-bond donors (Lipinski definition) is 0. The van der Waals surface area contributed by atoms with Gasteiger partial charge in [0, 0.05) is 17.6 Å². The minimum Gasteiger partial charge on any atom is -0.336 e. The normalized spacial score (nSPS) is 10.7. The topological polar surface area (TPSA) is 46.1 Å². The monoisotopic (exact) mass is 329 g/mol. The highest BCUT2D eigenvalue weighted by Gasteiger charge is 2.17. The van der Waals surface area contributed by atoms with Crippen LogP contribution in [0.1, 0.15) is 16.1 Å². The van der Waals surface area contributed by atoms with Crippen molar-refractivity contribution in [1.29, 1.82) is 0 Å². The summed E-state index contributed by atoms with van der Waals surface area (Å²) in [5.41, 5.74) is 1.83. The number of fused-ring (bicyclic) bond motifs is 1. The summed E-state index contributed by atoms with van der Waals surface area (Å²) in [5.74, 6) is -0.788. The SMILES string of the molecule is CN(Cc1c(F)cccc1Cl)C(=O)c1cnc2ccccc2n1. The molecule has 0 spiro atoms. The van der Waals surface area contributed by atoms with Gasteiger partial charge in [0.25, 0.3) is 5.91 Å². The summed E-state index contributed by atoms with van der Waals surface area (Å²) in [6.45, 7) is 0.0544. The molecule has 23 heavy (non-hydrogen) atoms. The maximum absolute atomic E-state index is 13.8. The molecule has 0 N–H and O–H groups in total. The lowest BCUT2D eigenvalue weighted by molar-refractivity contribution is 0.0778. The molecule has 0 radical (unpaired) electrons. The molecule has 116 valence electrons. The second kappa shape index (κ2) is 6.30. The number of aromatic nitrogens is 2. The van der Waals surface area contributed by atoms with E-state index in [0.717, 1.165) is 0 Å². The quantitative estimate of drug-likeness (QED) is 0.736. The molecule has 0 unspecified atom stereocenters. The van der Waals surface area contributed by atoms with Crippen LogP contribution in [0, 0.1) is 5.82 Å². The Kier molecular flexibility index (Phi) is 4.21. The van der Waals surface area contributed by atoms with Gasteiger partial charge in [-0.15, -0.1) is 0 Å². The molecule has 0 fully saturated rings. The molecule has 0 aliphatic heterocycles. The average molecular weight is 330 g/mol. The molecular formula is C17H13ClFN3O. The molecule has 0 bridgehead atoms. The first-order chi connectivity index (χ1) is 11.1. The van der Waals surface area contributed by atoms with Crippen LogP contribution in [-0.4, -0.2) is 27.8 Å². The number of benzene rings is 2. The van der Waals surface area contributed by atoms with E-state index in [0.29, 0.717) is 11.0 Å². The molecule has 4 nitrogen and oxygen atoms in total. The standard InChI is InChI=1S/C17H13ClFN3O/c1-22(10-11-12(18)5-4-6-13(11)19)17(23)16-9-20-14-7-2-3-8-15(14)21-16/h2-9H,10H2,1H3. The first-order valence-electron chi connectivity index (χ1n) is 6.96. The molecule has 3 aromatic rings. The first-order valence-corrected chi connectivity index (χ1v) is 7.34. The second-order valence-electron chi connectivity index (χ2n) is 5.11. The van der Waals surface area contributed by atoms with Crippen molar-refractivity contribution in [2.45, 2.75) is 6.54 Å². The van der Waals surface area contributed by atoms with E-state index in [9.17, 15) is 9.18 Å². The molecule has 1 heterocycles. The predicted molar refractivity (Wildman–Crippen MR) is 86.7 cm³/mol. The molecule has 6 heteroatoms. The van der Waals surface area contributed by atoms with Gasteiger partial charge in [-0.1, -0.05) is 29.8 Å². The van der Waals surface area contributed by atoms with E-state index in [2.05, 4.69) is 9.97 Å². The molecule has 3 rings (SSSR count). The minimum absolute atomic E-state index is 0.0544. The maximum Gasteiger partial charge on any atom is 0.274 e. The van der Waals surface area contributed by atoms with E-state index in [1.807, 2.05) is 18.2 Å². The smallest absolute Gasteiger partial charge is 0.274 e. The van der Waals surface area contributed by atoms with E-state index in [4.69, 9.17) is 11.6 Å². The third-order valence-corrected chi connectivity index (χ3v) is 3.83. The Labute approximate surface area is 137 Å². The largest absolute Gasteiger partial charge is 0.336 e. The summed E-state index contributed by atoms with van der Waals surface area (Å²) in [4.78, 5) is 22.4. The van der Waals surface area contributed by atoms with Crippen LogP contribution < -0.4 is 0 Å². The van der Waals surface area contributed by atoms with Crippen molar-refractivity contribution in [2.75, 3.05) is 7.05 Å². The fourth-order valence-corrected chi connectivity index (χ4v) is 2.47. The van der Waals surface area contributed by atoms with E-state index in [1.54, 1.807) is 19.2 Å². The fourth-order valence-electron chi connectivity index (χ4n) is 2.25. The van der Waals surface area contributed by atoms with Crippen molar-refractivity contribution in [3.8, 4) is 0 Å². The highest BCUT2D eigenvalue weighted by Crippen LogP contribution is 2.21. The van der Waals surface area contributed by atoms with Gasteiger partial charge in [0.2, 0.25) is 0 Å². The Hall–Kier alpha value is -2.53. The number of hydrogen-bond acceptors (Lipinski definition) is 3. The van der Waals surface area contributed by atoms with Crippen molar-refractivity contribution in [2.24, 2.45) is 0 Å². The van der Waals surface area contributed by atoms with Crippen molar-refractivity contribution in [3.05, 3.63) is 70.8 Å². The van der Waals surface area contributed by atoms with Gasteiger partial charge >= 0.3 is 0 Å². The number of para-hydroxylation sites is 2. The predicted octanol–water partition coefficient (Wildman–Crippen LogP) is 3.69. The third kappa shape index (κ3) is 3.14. The Morgan fingerprint density at radius 3 is 2.65 bits per heavy atom. The Morgan fingerprint density at radius 1 is 1.17 bits per heavy atom. The number of carbonyl (C=O) groups is 1. The molecule has 2 aromatic carbocycles. The third-order valence-electron chi connectivity index (χ3n) is 3.47. The molecule has 0 atom stereocenters. The molecule has 0 aliphatic rings. The lowest BCUT2D eigenvalue weighted by Crippen LogP contribution is -2.27. The highest BCUT2D eigenvalue weighted by molar-refractivity contribution is 6.31. The van der Waals surface area contributed by atoms with Crippen LogP contribution in [0.25, 0.3) is 11.0 Å². The minimum atomic E-state index is -0.443. The molecule has 0 saturated carbocycles. The molecule has 0 saturated heterocycles. The summed E-state index contributed by atoms with van der Waals surface area (Å²) < 4.78 is 13.8. The van der Waals surface area contributed by atoms with E-state index >= 15 is 0 Å². The zero-order valence-electron chi connectivity index (χ0n) is 12.3. The van der Waals surface area contributed by atoms with Gasteiger partial charge in [0.15, 0.2) is 0 Å². The van der Waals surface area contributed by atoms with Crippen LogP contribution in [0.2, 0.25) is 5.02 Å². The number of nitrogens with zero attached hydrogens (tertiary/aromatic N) is 3. The lowest BCUT2D eigenvalue weighted by atomic mass is 10.2. The molecular weight excluding hydrogens is 317 g/mol. The Morgan fingerprint density at radius 2 is 1.91 bits per heavy atom. The lowest BCUT2D eigenvalue weighted by Gasteiger charge is -2.18. The molecule has 0 aliphatic carbocycles. The van der Waals surface area contributed by atoms with Crippen molar-refractivity contribution in [3.63, 3.8) is 0 Å². The average Bonchev–Trinajstić information content (AvgIpc) is 2.57. The summed E-state index contributed by atoms with van der Waals surface area (Å²) in [7, 11) is 1.57. The van der Waals surface area contributed by atoms with Gasteiger partial charge in [0.1, 0.15) is 11.5 Å². The maximum atomic E-state index is 13.8. The number of halogens is 2. The van der Waals surface area contributed by atoms with Gasteiger partial charge in [-0.2, -0.15) is 0 Å². The van der Waals surface area contributed by atoms with Gasteiger partial charge in [-0.05, 0) is 24.3 Å². The number of amides is 1. The van der Waals surface area contributed by atoms with Crippen molar-refractivity contribution < 1.29 is 9.18 Å². The summed E-state index contributed by atoms with van der Waals surface area (Å²) in [5, 5.41) is 0.286. The van der Waals surface area contributed by atoms with Crippen LogP contribution in [0.15, 0.2) is 48.7 Å². The van der Waals surface area contributed by atoms with Gasteiger partial charge in [-0.3, -0.25) is 9.78 Å². The molecule has 1 aromatic heterocycles. The van der Waals surface area contributed by atoms with Crippen molar-refractivity contribution in [1.82, 2.24) is 14.9 Å². The Balaban J connectivity index is 1.86. The van der Waals surface area contributed by atoms with Gasteiger partial charge in [0.05, 0.1) is 23.8 Å². The van der Waals surface area contributed by atoms with Crippen LogP contribution in [-0.2, 0) is 6.54 Å². The number of carbonyl (C=O) groups excluding carboxylic acids is 1. The zero-order chi connectivity index (χ0) is 16.4. The van der Waals surface area contributed by atoms with E-state index in [1.165, 1.54) is 23.2 Å². The summed E-state index contributed by atoms with van der Waals surface area (Å²) >= 11 is 6.00.